The summed E-state index contributed by atoms with van der Waals surface area (Å²) in [5.74, 6) is -0.712. The Labute approximate surface area is 146 Å². The molecule has 2 rings (SSSR count). The van der Waals surface area contributed by atoms with Gasteiger partial charge in [-0.25, -0.2) is 8.42 Å². The van der Waals surface area contributed by atoms with Crippen molar-refractivity contribution in [2.45, 2.75) is 11.1 Å². The molecule has 10 heteroatoms. The number of amides is 1. The summed E-state index contributed by atoms with van der Waals surface area (Å²) >= 11 is 5.34. The van der Waals surface area contributed by atoms with Crippen LogP contribution in [-0.4, -0.2) is 20.2 Å². The van der Waals surface area contributed by atoms with E-state index in [-0.39, 0.29) is 16.5 Å². The fourth-order valence-corrected chi connectivity index (χ4v) is 3.00. The van der Waals surface area contributed by atoms with Crippen LogP contribution in [0.25, 0.3) is 0 Å². The lowest BCUT2D eigenvalue weighted by Gasteiger charge is -2.11. The minimum Gasteiger partial charge on any atom is -0.325 e. The minimum absolute atomic E-state index is 0.172. The Hall–Kier alpha value is -2.26. The van der Waals surface area contributed by atoms with Crippen LogP contribution in [0.3, 0.4) is 0 Å². The zero-order valence-corrected chi connectivity index (χ0v) is 14.0. The Morgan fingerprint density at radius 1 is 1.04 bits per heavy atom. The zero-order valence-electron chi connectivity index (χ0n) is 12.5. The van der Waals surface area contributed by atoms with Gasteiger partial charge < -0.3 is 5.32 Å². The normalized spacial score (nSPS) is 11.8. The van der Waals surface area contributed by atoms with E-state index in [1.54, 1.807) is 0 Å². The van der Waals surface area contributed by atoms with E-state index in [4.69, 9.17) is 11.6 Å². The molecule has 0 unspecified atom stereocenters. The molecule has 2 aromatic carbocycles. The molecule has 0 spiro atoms. The topological polar surface area (TPSA) is 75.3 Å². The minimum atomic E-state index is -4.58. The van der Waals surface area contributed by atoms with Crippen LogP contribution in [0.5, 0.6) is 0 Å². The highest BCUT2D eigenvalue weighted by Gasteiger charge is 2.30. The van der Waals surface area contributed by atoms with Gasteiger partial charge in [0, 0.05) is 11.4 Å². The molecule has 0 aromatic heterocycles. The van der Waals surface area contributed by atoms with Gasteiger partial charge in [-0.1, -0.05) is 6.07 Å². The van der Waals surface area contributed by atoms with Crippen LogP contribution < -0.4 is 10.0 Å². The molecule has 0 radical (unpaired) electrons. The van der Waals surface area contributed by atoms with E-state index in [1.165, 1.54) is 30.3 Å². The average molecular weight is 393 g/mol. The summed E-state index contributed by atoms with van der Waals surface area (Å²) in [5.41, 5.74) is -0.843. The Morgan fingerprint density at radius 2 is 1.68 bits per heavy atom. The highest BCUT2D eigenvalue weighted by Crippen LogP contribution is 2.31. The van der Waals surface area contributed by atoms with Crippen LogP contribution in [-0.2, 0) is 21.0 Å². The third-order valence-electron chi connectivity index (χ3n) is 3.01. The first-order chi connectivity index (χ1) is 11.6. The molecule has 5 nitrogen and oxygen atoms in total. The maximum Gasteiger partial charge on any atom is 0.416 e. The molecular formula is C15H12ClF3N2O3S. The van der Waals surface area contributed by atoms with Crippen molar-refractivity contribution in [1.29, 1.82) is 0 Å². The molecule has 0 saturated carbocycles. The molecule has 0 heterocycles. The monoisotopic (exact) mass is 392 g/mol. The Bertz CT molecular complexity index is 868. The van der Waals surface area contributed by atoms with Crippen molar-refractivity contribution in [2.24, 2.45) is 0 Å². The number of hydrogen-bond donors (Lipinski definition) is 2. The predicted octanol–water partition coefficient (Wildman–Crippen LogP) is 3.68. The van der Waals surface area contributed by atoms with Crippen LogP contribution in [0.15, 0.2) is 53.4 Å². The molecule has 134 valence electrons. The molecule has 0 bridgehead atoms. The van der Waals surface area contributed by atoms with Gasteiger partial charge in [-0.05, 0) is 42.5 Å². The molecule has 0 aliphatic carbocycles. The predicted molar refractivity (Wildman–Crippen MR) is 88.0 cm³/mol. The summed E-state index contributed by atoms with van der Waals surface area (Å²) in [6.07, 6.45) is -4.58. The summed E-state index contributed by atoms with van der Waals surface area (Å²) in [6, 6.07) is 8.95. The Morgan fingerprint density at radius 3 is 2.24 bits per heavy atom. The average Bonchev–Trinajstić information content (AvgIpc) is 2.54. The summed E-state index contributed by atoms with van der Waals surface area (Å²) in [6.45, 7) is 0. The number of carbonyl (C=O) groups is 1. The van der Waals surface area contributed by atoms with Crippen molar-refractivity contribution in [2.75, 3.05) is 15.9 Å². The van der Waals surface area contributed by atoms with Gasteiger partial charge in [0.05, 0.1) is 10.5 Å². The van der Waals surface area contributed by atoms with Gasteiger partial charge >= 0.3 is 6.18 Å². The van der Waals surface area contributed by atoms with Gasteiger partial charge in [-0.3, -0.25) is 9.52 Å². The van der Waals surface area contributed by atoms with Crippen molar-refractivity contribution in [1.82, 2.24) is 0 Å². The van der Waals surface area contributed by atoms with Crippen molar-refractivity contribution in [3.63, 3.8) is 0 Å². The lowest BCUT2D eigenvalue weighted by molar-refractivity contribution is -0.137. The maximum atomic E-state index is 12.7. The number of alkyl halides is 4. The van der Waals surface area contributed by atoms with Crippen molar-refractivity contribution in [3.8, 4) is 0 Å². The van der Waals surface area contributed by atoms with Gasteiger partial charge in [0.15, 0.2) is 0 Å². The molecule has 2 aromatic rings. The third-order valence-corrected chi connectivity index (χ3v) is 4.65. The lowest BCUT2D eigenvalue weighted by Crippen LogP contribution is -2.15. The van der Waals surface area contributed by atoms with Gasteiger partial charge in [-0.2, -0.15) is 13.2 Å². The highest BCUT2D eigenvalue weighted by molar-refractivity contribution is 7.92. The molecule has 25 heavy (non-hydrogen) atoms. The number of hydrogen-bond acceptors (Lipinski definition) is 3. The van der Waals surface area contributed by atoms with Crippen LogP contribution in [0, 0.1) is 0 Å². The first-order valence-electron chi connectivity index (χ1n) is 6.78. The number of benzene rings is 2. The van der Waals surface area contributed by atoms with E-state index >= 15 is 0 Å². The molecule has 0 aliphatic rings. The van der Waals surface area contributed by atoms with E-state index in [0.29, 0.717) is 11.8 Å². The van der Waals surface area contributed by atoms with E-state index in [9.17, 15) is 26.4 Å². The number of nitrogens with one attached hydrogen (secondary N) is 2. The second-order valence-corrected chi connectivity index (χ2v) is 6.84. The van der Waals surface area contributed by atoms with E-state index in [0.717, 1.165) is 12.1 Å². The molecule has 1 amide bonds. The molecule has 0 saturated heterocycles. The van der Waals surface area contributed by atoms with Crippen LogP contribution in [0.1, 0.15) is 5.56 Å². The zero-order chi connectivity index (χ0) is 18.7. The summed E-state index contributed by atoms with van der Waals surface area (Å²) in [4.78, 5) is 11.0. The SMILES string of the molecule is O=C(CCl)Nc1ccc(S(=O)(=O)Nc2cccc(C(F)(F)F)c2)cc1. The summed E-state index contributed by atoms with van der Waals surface area (Å²) < 4.78 is 64.6. The Kier molecular flexibility index (Phi) is 5.58. The molecule has 2 N–H and O–H groups in total. The van der Waals surface area contributed by atoms with Gasteiger partial charge in [-0.15, -0.1) is 11.6 Å². The first-order valence-corrected chi connectivity index (χ1v) is 8.79. The van der Waals surface area contributed by atoms with Crippen LogP contribution >= 0.6 is 11.6 Å². The number of sulfonamides is 1. The smallest absolute Gasteiger partial charge is 0.325 e. The molecule has 0 aliphatic heterocycles. The highest BCUT2D eigenvalue weighted by atomic mass is 35.5. The standard InChI is InChI=1S/C15H12ClF3N2O3S/c16-9-14(22)20-11-4-6-13(7-5-11)25(23,24)21-12-3-1-2-10(8-12)15(17,18)19/h1-8,21H,9H2,(H,20,22). The Balaban J connectivity index is 2.20. The van der Waals surface area contributed by atoms with Gasteiger partial charge in [0.25, 0.3) is 10.0 Å². The summed E-state index contributed by atoms with van der Waals surface area (Å²) in [7, 11) is -4.08. The van der Waals surface area contributed by atoms with E-state index < -0.39 is 27.7 Å². The first kappa shape index (κ1) is 19.1. The fourth-order valence-electron chi connectivity index (χ4n) is 1.88. The number of carbonyl (C=O) groups excluding carboxylic acids is 1. The van der Waals surface area contributed by atoms with Gasteiger partial charge in [0.1, 0.15) is 5.88 Å². The van der Waals surface area contributed by atoms with Crippen molar-refractivity contribution >= 4 is 38.9 Å². The van der Waals surface area contributed by atoms with Crippen molar-refractivity contribution < 1.29 is 26.4 Å². The molecular weight excluding hydrogens is 381 g/mol. The lowest BCUT2D eigenvalue weighted by atomic mass is 10.2. The van der Waals surface area contributed by atoms with Crippen LogP contribution in [0.4, 0.5) is 24.5 Å². The van der Waals surface area contributed by atoms with Crippen LogP contribution in [0.2, 0.25) is 0 Å². The third kappa shape index (κ3) is 5.10. The quantitative estimate of drug-likeness (QED) is 0.762. The maximum absolute atomic E-state index is 12.7. The van der Waals surface area contributed by atoms with E-state index in [1.807, 2.05) is 0 Å². The number of halogens is 4. The number of rotatable bonds is 5. The second kappa shape index (κ2) is 7.32. The fraction of sp³-hybridized carbons (Fsp3) is 0.133. The molecule has 0 atom stereocenters. The van der Waals surface area contributed by atoms with Gasteiger partial charge in [0.2, 0.25) is 5.91 Å². The summed E-state index contributed by atoms with van der Waals surface area (Å²) in [5, 5.41) is 2.43. The second-order valence-electron chi connectivity index (χ2n) is 4.89. The van der Waals surface area contributed by atoms with E-state index in [2.05, 4.69) is 10.0 Å². The largest absolute Gasteiger partial charge is 0.416 e. The van der Waals surface area contributed by atoms with Crippen molar-refractivity contribution in [3.05, 3.63) is 54.1 Å². The number of anilines is 2. The molecule has 0 fully saturated rings.